The Hall–Kier alpha value is -4.19. The standard InChI is InChI=1S/C35H45N5O6S/c1-22-10-8-11-23(2)31(22)29-19-30-37-33(36-29)38-47(43,44)28-13-9-12-24(18-28)32(41)40(27(21-46-30)20-35(3,4)5)26-16-14-25(15-17-26)39(6)34(42)45-7/h8-13,18-19,25-27H,14-17,20-21H2,1-7H3,(H,36,37,38)/t25?,26?,27-/m1/s1. The molecule has 2 aromatic carbocycles. The normalized spacial score (nSPS) is 21.3. The van der Waals surface area contributed by atoms with Crippen LogP contribution in [0.15, 0.2) is 53.4 Å². The van der Waals surface area contributed by atoms with Crippen LogP contribution in [0.3, 0.4) is 0 Å². The number of aromatic nitrogens is 2. The molecule has 2 aliphatic rings. The first-order valence-corrected chi connectivity index (χ1v) is 17.5. The van der Waals surface area contributed by atoms with E-state index < -0.39 is 10.0 Å². The van der Waals surface area contributed by atoms with Gasteiger partial charge in [0, 0.05) is 36.3 Å². The van der Waals surface area contributed by atoms with E-state index in [4.69, 9.17) is 9.47 Å². The number of aryl methyl sites for hydroxylation is 2. The number of hydrogen-bond donors (Lipinski definition) is 1. The molecule has 11 nitrogen and oxygen atoms in total. The fourth-order valence-electron chi connectivity index (χ4n) is 6.79. The number of methoxy groups -OCH3 is 1. The molecule has 3 aromatic rings. The minimum absolute atomic E-state index is 0.00983. The van der Waals surface area contributed by atoms with Crippen LogP contribution < -0.4 is 9.46 Å². The lowest BCUT2D eigenvalue weighted by Crippen LogP contribution is -2.53. The van der Waals surface area contributed by atoms with Crippen molar-refractivity contribution in [2.24, 2.45) is 5.41 Å². The number of nitrogens with zero attached hydrogens (tertiary/aromatic N) is 4. The van der Waals surface area contributed by atoms with E-state index in [1.165, 1.54) is 19.2 Å². The number of fused-ring (bicyclic) bond motifs is 4. The van der Waals surface area contributed by atoms with Gasteiger partial charge >= 0.3 is 6.09 Å². The first kappa shape index (κ1) is 34.2. The largest absolute Gasteiger partial charge is 0.475 e. The molecule has 0 unspecified atom stereocenters. The van der Waals surface area contributed by atoms with Crippen molar-refractivity contribution in [1.29, 1.82) is 0 Å². The highest BCUT2D eigenvalue weighted by Gasteiger charge is 2.38. The third-order valence-electron chi connectivity index (χ3n) is 9.03. The topological polar surface area (TPSA) is 131 Å². The number of nitrogens with one attached hydrogen (secondary N) is 1. The molecule has 1 aliphatic carbocycles. The van der Waals surface area contributed by atoms with Gasteiger partial charge in [-0.15, -0.1) is 0 Å². The lowest BCUT2D eigenvalue weighted by atomic mass is 9.84. The predicted molar refractivity (Wildman–Crippen MR) is 180 cm³/mol. The van der Waals surface area contributed by atoms with E-state index in [-0.39, 0.29) is 64.4 Å². The van der Waals surface area contributed by atoms with Gasteiger partial charge in [0.25, 0.3) is 15.9 Å². The summed E-state index contributed by atoms with van der Waals surface area (Å²) in [6, 6.07) is 13.2. The maximum Gasteiger partial charge on any atom is 0.409 e. The van der Waals surface area contributed by atoms with E-state index in [0.717, 1.165) is 16.7 Å². The van der Waals surface area contributed by atoms with E-state index in [1.54, 1.807) is 30.1 Å². The molecule has 0 saturated heterocycles. The Kier molecular flexibility index (Phi) is 9.81. The van der Waals surface area contributed by atoms with Crippen molar-refractivity contribution < 1.29 is 27.5 Å². The zero-order chi connectivity index (χ0) is 34.1. The zero-order valence-electron chi connectivity index (χ0n) is 28.2. The van der Waals surface area contributed by atoms with Crippen LogP contribution >= 0.6 is 0 Å². The number of hydrogen-bond acceptors (Lipinski definition) is 8. The number of amides is 2. The van der Waals surface area contributed by atoms with Gasteiger partial charge in [0.2, 0.25) is 11.8 Å². The van der Waals surface area contributed by atoms with Crippen molar-refractivity contribution in [3.63, 3.8) is 0 Å². The summed E-state index contributed by atoms with van der Waals surface area (Å²) in [5.41, 5.74) is 3.44. The summed E-state index contributed by atoms with van der Waals surface area (Å²) in [6.45, 7) is 10.5. The van der Waals surface area contributed by atoms with E-state index >= 15 is 0 Å². The summed E-state index contributed by atoms with van der Waals surface area (Å²) in [5, 5.41) is 0. The van der Waals surface area contributed by atoms with Crippen LogP contribution in [0.4, 0.5) is 10.7 Å². The summed E-state index contributed by atoms with van der Waals surface area (Å²) in [5.74, 6) is -0.178. The van der Waals surface area contributed by atoms with Gasteiger partial charge in [-0.1, -0.05) is 45.0 Å². The first-order valence-electron chi connectivity index (χ1n) is 16.0. The molecule has 252 valence electrons. The number of benzene rings is 2. The van der Waals surface area contributed by atoms with Crippen LogP contribution in [0.2, 0.25) is 0 Å². The molecule has 0 spiro atoms. The Morgan fingerprint density at radius 1 is 1.04 bits per heavy atom. The predicted octanol–water partition coefficient (Wildman–Crippen LogP) is 6.21. The highest BCUT2D eigenvalue weighted by Crippen LogP contribution is 2.35. The summed E-state index contributed by atoms with van der Waals surface area (Å²) in [4.78, 5) is 39.3. The molecule has 2 amide bonds. The van der Waals surface area contributed by atoms with Gasteiger partial charge < -0.3 is 19.3 Å². The van der Waals surface area contributed by atoms with E-state index in [9.17, 15) is 18.0 Å². The first-order chi connectivity index (χ1) is 22.2. The second-order valence-electron chi connectivity index (χ2n) is 13.8. The fraction of sp³-hybridized carbons (Fsp3) is 0.486. The molecule has 1 aliphatic heterocycles. The average molecular weight is 664 g/mol. The molecule has 0 radical (unpaired) electrons. The maximum atomic E-state index is 14.5. The summed E-state index contributed by atoms with van der Waals surface area (Å²) in [6.07, 6.45) is 2.94. The second kappa shape index (κ2) is 13.5. The molecule has 12 heteroatoms. The van der Waals surface area contributed by atoms with Crippen molar-refractivity contribution in [1.82, 2.24) is 19.8 Å². The van der Waals surface area contributed by atoms with Crippen molar-refractivity contribution in [2.75, 3.05) is 25.5 Å². The minimum Gasteiger partial charge on any atom is -0.475 e. The minimum atomic E-state index is -4.16. The Labute approximate surface area is 277 Å². The number of carbonyl (C=O) groups excluding carboxylic acids is 2. The summed E-state index contributed by atoms with van der Waals surface area (Å²) in [7, 11) is -1.06. The number of ether oxygens (including phenoxy) is 2. The molecular formula is C35H45N5O6S. The quantitative estimate of drug-likeness (QED) is 0.349. The molecule has 5 rings (SSSR count). The van der Waals surface area contributed by atoms with Crippen molar-refractivity contribution >= 4 is 28.0 Å². The number of rotatable bonds is 4. The van der Waals surface area contributed by atoms with Crippen molar-refractivity contribution in [3.8, 4) is 17.1 Å². The fourth-order valence-corrected chi connectivity index (χ4v) is 7.78. The smallest absolute Gasteiger partial charge is 0.409 e. The molecule has 2 heterocycles. The highest BCUT2D eigenvalue weighted by molar-refractivity contribution is 7.92. The van der Waals surface area contributed by atoms with Gasteiger partial charge in [0.05, 0.1) is 23.7 Å². The van der Waals surface area contributed by atoms with E-state index in [0.29, 0.717) is 37.8 Å². The van der Waals surface area contributed by atoms with E-state index in [1.807, 2.05) is 36.9 Å². The summed E-state index contributed by atoms with van der Waals surface area (Å²) >= 11 is 0. The van der Waals surface area contributed by atoms with Crippen LogP contribution in [0.5, 0.6) is 5.88 Å². The lowest BCUT2D eigenvalue weighted by Gasteiger charge is -2.44. The van der Waals surface area contributed by atoms with Gasteiger partial charge in [-0.3, -0.25) is 4.79 Å². The Morgan fingerprint density at radius 2 is 1.70 bits per heavy atom. The zero-order valence-corrected chi connectivity index (χ0v) is 29.1. The number of anilines is 1. The van der Waals surface area contributed by atoms with Gasteiger partial charge in [-0.25, -0.2) is 22.9 Å². The van der Waals surface area contributed by atoms with Gasteiger partial charge in [-0.2, -0.15) is 4.98 Å². The summed E-state index contributed by atoms with van der Waals surface area (Å²) < 4.78 is 41.2. The molecule has 47 heavy (non-hydrogen) atoms. The molecule has 4 bridgehead atoms. The third-order valence-corrected chi connectivity index (χ3v) is 10.4. The highest BCUT2D eigenvalue weighted by atomic mass is 32.2. The van der Waals surface area contributed by atoms with Crippen LogP contribution in [0.1, 0.15) is 74.4 Å². The lowest BCUT2D eigenvalue weighted by molar-refractivity contribution is 0.0258. The van der Waals surface area contributed by atoms with Crippen LogP contribution in [-0.2, 0) is 14.8 Å². The maximum absolute atomic E-state index is 14.5. The molecule has 1 N–H and O–H groups in total. The third kappa shape index (κ3) is 7.69. The van der Waals surface area contributed by atoms with Gasteiger partial charge in [-0.05, 0) is 80.7 Å². The Morgan fingerprint density at radius 3 is 2.34 bits per heavy atom. The van der Waals surface area contributed by atoms with Crippen LogP contribution in [0.25, 0.3) is 11.3 Å². The molecule has 1 fully saturated rings. The molecule has 1 saturated carbocycles. The van der Waals surface area contributed by atoms with Crippen LogP contribution in [-0.4, -0.2) is 79.1 Å². The SMILES string of the molecule is COC(=O)N(C)C1CCC(N2C(=O)c3cccc(c3)S(=O)(=O)Nc3nc(cc(-c4c(C)cccc4C)n3)OC[C@H]2CC(C)(C)C)CC1. The average Bonchev–Trinajstić information content (AvgIpc) is 3.02. The number of carbonyl (C=O) groups is 2. The molecular weight excluding hydrogens is 618 g/mol. The second-order valence-corrected chi connectivity index (χ2v) is 15.5. The number of sulfonamides is 1. The van der Waals surface area contributed by atoms with Crippen molar-refractivity contribution in [2.45, 2.75) is 89.7 Å². The van der Waals surface area contributed by atoms with Crippen molar-refractivity contribution in [3.05, 3.63) is 65.2 Å². The van der Waals surface area contributed by atoms with E-state index in [2.05, 4.69) is 35.5 Å². The Balaban J connectivity index is 1.61. The molecule has 1 atom stereocenters. The molecule has 1 aromatic heterocycles. The monoisotopic (exact) mass is 663 g/mol. The van der Waals surface area contributed by atoms with Gasteiger partial charge in [0.15, 0.2) is 0 Å². The van der Waals surface area contributed by atoms with Gasteiger partial charge in [0.1, 0.15) is 6.61 Å². The van der Waals surface area contributed by atoms with Crippen LogP contribution in [0, 0.1) is 19.3 Å². The Bertz CT molecular complexity index is 1730.